The van der Waals surface area contributed by atoms with E-state index in [1.165, 1.54) is 7.11 Å². The number of alkyl halides is 2. The van der Waals surface area contributed by atoms with E-state index < -0.39 is 10.7 Å². The molecule has 0 aliphatic carbocycles. The number of piperidine rings is 1. The Balaban J connectivity index is 1.99. The Morgan fingerprint density at radius 2 is 1.96 bits per heavy atom. The molecular weight excluding hydrogens is 363 g/mol. The van der Waals surface area contributed by atoms with Gasteiger partial charge in [0.25, 0.3) is 11.8 Å². The third kappa shape index (κ3) is 4.66. The number of carbonyl (C=O) groups excluding carboxylic acids is 2. The standard InChI is InChI=1S/C15H17Cl3N2O3/c1-23-12-3-2-9(16)8-11(12)15(22)20-6-4-10(5-7-20)19-14(21)13(17)18/h2-3,8,10,13H,4-7H2,1H3,(H,19,21). The van der Waals surface area contributed by atoms with Gasteiger partial charge in [0.2, 0.25) is 0 Å². The number of hydrogen-bond donors (Lipinski definition) is 1. The molecule has 0 unspecified atom stereocenters. The first-order chi connectivity index (χ1) is 10.9. The molecule has 0 bridgehead atoms. The third-order valence-corrected chi connectivity index (χ3v) is 4.35. The zero-order valence-corrected chi connectivity index (χ0v) is 14.8. The fourth-order valence-electron chi connectivity index (χ4n) is 2.51. The molecule has 126 valence electrons. The van der Waals surface area contributed by atoms with E-state index in [2.05, 4.69) is 5.32 Å². The van der Waals surface area contributed by atoms with Crippen LogP contribution in [0.2, 0.25) is 5.02 Å². The molecule has 1 N–H and O–H groups in total. The fourth-order valence-corrected chi connectivity index (χ4v) is 2.81. The van der Waals surface area contributed by atoms with E-state index in [0.29, 0.717) is 42.3 Å². The molecule has 1 aromatic carbocycles. The number of carbonyl (C=O) groups is 2. The van der Waals surface area contributed by atoms with Crippen LogP contribution in [0.25, 0.3) is 0 Å². The molecule has 0 aromatic heterocycles. The highest BCUT2D eigenvalue weighted by atomic mass is 35.5. The van der Waals surface area contributed by atoms with Crippen molar-refractivity contribution >= 4 is 46.6 Å². The smallest absolute Gasteiger partial charge is 0.257 e. The lowest BCUT2D eigenvalue weighted by Gasteiger charge is -2.32. The maximum Gasteiger partial charge on any atom is 0.257 e. The van der Waals surface area contributed by atoms with Crippen LogP contribution >= 0.6 is 34.8 Å². The normalized spacial score (nSPS) is 15.6. The summed E-state index contributed by atoms with van der Waals surface area (Å²) in [5.74, 6) is -0.0572. The minimum atomic E-state index is -1.08. The molecule has 2 rings (SSSR count). The highest BCUT2D eigenvalue weighted by Gasteiger charge is 2.27. The summed E-state index contributed by atoms with van der Waals surface area (Å²) in [4.78, 5) is 24.7. The average Bonchev–Trinajstić information content (AvgIpc) is 2.54. The maximum atomic E-state index is 12.6. The molecule has 2 amide bonds. The Morgan fingerprint density at radius 3 is 2.52 bits per heavy atom. The Kier molecular flexibility index (Phi) is 6.39. The zero-order valence-electron chi connectivity index (χ0n) is 12.5. The first-order valence-corrected chi connectivity index (χ1v) is 8.38. The van der Waals surface area contributed by atoms with Crippen molar-refractivity contribution in [1.82, 2.24) is 10.2 Å². The largest absolute Gasteiger partial charge is 0.496 e. The molecule has 0 spiro atoms. The van der Waals surface area contributed by atoms with Crippen LogP contribution in [0.5, 0.6) is 5.75 Å². The number of nitrogens with zero attached hydrogens (tertiary/aromatic N) is 1. The van der Waals surface area contributed by atoms with Crippen molar-refractivity contribution in [3.63, 3.8) is 0 Å². The minimum absolute atomic E-state index is 0.0344. The van der Waals surface area contributed by atoms with E-state index in [1.54, 1.807) is 23.1 Å². The van der Waals surface area contributed by atoms with Crippen molar-refractivity contribution in [1.29, 1.82) is 0 Å². The molecule has 8 heteroatoms. The summed E-state index contributed by atoms with van der Waals surface area (Å²) in [5.41, 5.74) is 0.434. The molecule has 0 radical (unpaired) electrons. The van der Waals surface area contributed by atoms with Crippen molar-refractivity contribution < 1.29 is 14.3 Å². The summed E-state index contributed by atoms with van der Waals surface area (Å²) in [5, 5.41) is 3.24. The first kappa shape index (κ1) is 18.2. The highest BCUT2D eigenvalue weighted by Crippen LogP contribution is 2.25. The van der Waals surface area contributed by atoms with Gasteiger partial charge in [-0.1, -0.05) is 34.8 Å². The number of ether oxygens (including phenoxy) is 1. The van der Waals surface area contributed by atoms with Gasteiger partial charge in [0.05, 0.1) is 12.7 Å². The average molecular weight is 380 g/mol. The summed E-state index contributed by atoms with van der Waals surface area (Å²) in [6, 6.07) is 4.91. The van der Waals surface area contributed by atoms with Gasteiger partial charge in [0.15, 0.2) is 4.84 Å². The lowest BCUT2D eigenvalue weighted by Crippen LogP contribution is -2.47. The molecule has 1 aliphatic heterocycles. The summed E-state index contributed by atoms with van der Waals surface area (Å²) in [6.45, 7) is 1.05. The number of amides is 2. The molecule has 5 nitrogen and oxygen atoms in total. The number of nitrogens with one attached hydrogen (secondary N) is 1. The van der Waals surface area contributed by atoms with Crippen LogP contribution in [0.1, 0.15) is 23.2 Å². The Hall–Kier alpha value is -1.17. The zero-order chi connectivity index (χ0) is 17.0. The van der Waals surface area contributed by atoms with E-state index in [-0.39, 0.29) is 11.9 Å². The lowest BCUT2D eigenvalue weighted by molar-refractivity contribution is -0.120. The summed E-state index contributed by atoms with van der Waals surface area (Å²) in [6.07, 6.45) is 1.28. The number of benzene rings is 1. The predicted molar refractivity (Wildman–Crippen MR) is 90.6 cm³/mol. The van der Waals surface area contributed by atoms with Gasteiger partial charge in [-0.25, -0.2) is 0 Å². The Labute approximate surface area is 149 Å². The molecule has 1 saturated heterocycles. The van der Waals surface area contributed by atoms with Gasteiger partial charge < -0.3 is 15.0 Å². The van der Waals surface area contributed by atoms with Gasteiger partial charge in [-0.05, 0) is 31.0 Å². The molecule has 0 saturated carbocycles. The number of methoxy groups -OCH3 is 1. The number of rotatable bonds is 4. The van der Waals surface area contributed by atoms with Crippen molar-refractivity contribution in [3.8, 4) is 5.75 Å². The second kappa shape index (κ2) is 8.08. The third-order valence-electron chi connectivity index (χ3n) is 3.72. The number of hydrogen-bond acceptors (Lipinski definition) is 3. The summed E-state index contributed by atoms with van der Waals surface area (Å²) in [7, 11) is 1.51. The van der Waals surface area contributed by atoms with Gasteiger partial charge in [0.1, 0.15) is 5.75 Å². The topological polar surface area (TPSA) is 58.6 Å². The second-order valence-electron chi connectivity index (χ2n) is 5.22. The Bertz CT molecular complexity index is 587. The van der Waals surface area contributed by atoms with Gasteiger partial charge in [0, 0.05) is 24.2 Å². The van der Waals surface area contributed by atoms with Gasteiger partial charge >= 0.3 is 0 Å². The van der Waals surface area contributed by atoms with Crippen LogP contribution in [0.3, 0.4) is 0 Å². The summed E-state index contributed by atoms with van der Waals surface area (Å²) < 4.78 is 5.22. The van der Waals surface area contributed by atoms with E-state index in [0.717, 1.165) is 0 Å². The predicted octanol–water partition coefficient (Wildman–Crippen LogP) is 2.87. The monoisotopic (exact) mass is 378 g/mol. The van der Waals surface area contributed by atoms with Crippen LogP contribution in [-0.2, 0) is 4.79 Å². The molecule has 0 atom stereocenters. The molecule has 1 aliphatic rings. The van der Waals surface area contributed by atoms with Crippen molar-refractivity contribution in [3.05, 3.63) is 28.8 Å². The van der Waals surface area contributed by atoms with Crippen LogP contribution in [-0.4, -0.2) is 47.8 Å². The SMILES string of the molecule is COc1ccc(Cl)cc1C(=O)N1CCC(NC(=O)C(Cl)Cl)CC1. The molecule has 23 heavy (non-hydrogen) atoms. The maximum absolute atomic E-state index is 12.6. The van der Waals surface area contributed by atoms with E-state index in [1.807, 2.05) is 0 Å². The number of halogens is 3. The van der Waals surface area contributed by atoms with Crippen LogP contribution in [0.15, 0.2) is 18.2 Å². The Morgan fingerprint density at radius 1 is 1.30 bits per heavy atom. The van der Waals surface area contributed by atoms with Gasteiger partial charge in [-0.2, -0.15) is 0 Å². The lowest BCUT2D eigenvalue weighted by atomic mass is 10.0. The van der Waals surface area contributed by atoms with Crippen LogP contribution < -0.4 is 10.1 Å². The molecule has 1 heterocycles. The van der Waals surface area contributed by atoms with E-state index >= 15 is 0 Å². The van der Waals surface area contributed by atoms with E-state index in [4.69, 9.17) is 39.5 Å². The highest BCUT2D eigenvalue weighted by molar-refractivity contribution is 6.53. The van der Waals surface area contributed by atoms with Crippen LogP contribution in [0.4, 0.5) is 0 Å². The first-order valence-electron chi connectivity index (χ1n) is 7.13. The fraction of sp³-hybridized carbons (Fsp3) is 0.467. The summed E-state index contributed by atoms with van der Waals surface area (Å²) >= 11 is 17.0. The van der Waals surface area contributed by atoms with Gasteiger partial charge in [-0.15, -0.1) is 0 Å². The number of likely N-dealkylation sites (tertiary alicyclic amines) is 1. The minimum Gasteiger partial charge on any atom is -0.496 e. The van der Waals surface area contributed by atoms with Crippen molar-refractivity contribution in [2.24, 2.45) is 0 Å². The molecule has 1 fully saturated rings. The van der Waals surface area contributed by atoms with Crippen molar-refractivity contribution in [2.75, 3.05) is 20.2 Å². The quantitative estimate of drug-likeness (QED) is 0.818. The molecule has 1 aromatic rings. The molecular formula is C15H17Cl3N2O3. The van der Waals surface area contributed by atoms with Gasteiger partial charge in [-0.3, -0.25) is 9.59 Å². The van der Waals surface area contributed by atoms with Crippen LogP contribution in [0, 0.1) is 0 Å². The van der Waals surface area contributed by atoms with Crippen molar-refractivity contribution in [2.45, 2.75) is 23.7 Å². The van der Waals surface area contributed by atoms with E-state index in [9.17, 15) is 9.59 Å². The second-order valence-corrected chi connectivity index (χ2v) is 6.75.